The molecule has 3 aromatic rings. The summed E-state index contributed by atoms with van der Waals surface area (Å²) < 4.78 is 29.4. The Morgan fingerprint density at radius 1 is 0.893 bits per heavy atom. The molecule has 2 N–H and O–H groups in total. The number of halogens is 2. The number of hydrogen-bond acceptors (Lipinski definition) is 4. The smallest absolute Gasteiger partial charge is 0.261 e. The number of piperazine rings is 1. The average molecular weight is 530 g/mol. The van der Waals surface area contributed by atoms with Crippen LogP contribution < -0.4 is 14.9 Å². The summed E-state index contributed by atoms with van der Waals surface area (Å²) >= 11 is 2.16. The van der Waals surface area contributed by atoms with E-state index >= 15 is 0 Å². The second-order valence-electron chi connectivity index (χ2n) is 6.47. The van der Waals surface area contributed by atoms with Gasteiger partial charge in [-0.05, 0) is 59.0 Å². The predicted octanol–water partition coefficient (Wildman–Crippen LogP) is 4.08. The van der Waals surface area contributed by atoms with Crippen LogP contribution in [0.15, 0.2) is 65.6 Å². The summed E-state index contributed by atoms with van der Waals surface area (Å²) in [5.41, 5.74) is 1.74. The van der Waals surface area contributed by atoms with Crippen LogP contribution in [0.3, 0.4) is 0 Å². The molecular formula is C20H21ClIN3O2S. The third kappa shape index (κ3) is 4.37. The van der Waals surface area contributed by atoms with Crippen molar-refractivity contribution < 1.29 is 8.42 Å². The fraction of sp³-hybridized carbons (Fsp3) is 0.200. The topological polar surface area (TPSA) is 61.4 Å². The third-order valence-corrected chi connectivity index (χ3v) is 6.83. The standard InChI is InChI=1S/C20H20IN3O2S.ClH/c21-15-5-7-16(8-6-15)27(25,26)23-19-9-10-20(24-13-11-22-12-14-24)18-4-2-1-3-17(18)19;/h1-10,22-23H,11-14H2;1H. The highest BCUT2D eigenvalue weighted by Gasteiger charge is 2.18. The van der Waals surface area contributed by atoms with Gasteiger partial charge >= 0.3 is 0 Å². The van der Waals surface area contributed by atoms with Crippen molar-refractivity contribution in [2.24, 2.45) is 0 Å². The number of nitrogens with one attached hydrogen (secondary N) is 2. The Morgan fingerprint density at radius 3 is 2.21 bits per heavy atom. The SMILES string of the molecule is Cl.O=S(=O)(Nc1ccc(N2CCNCC2)c2ccccc12)c1ccc(I)cc1. The lowest BCUT2D eigenvalue weighted by Gasteiger charge is -2.30. The molecule has 0 aliphatic carbocycles. The quantitative estimate of drug-likeness (QED) is 0.500. The molecule has 1 aliphatic heterocycles. The Balaban J connectivity index is 0.00000225. The molecule has 0 spiro atoms. The number of sulfonamides is 1. The van der Waals surface area contributed by atoms with Gasteiger partial charge in [-0.2, -0.15) is 0 Å². The van der Waals surface area contributed by atoms with Crippen LogP contribution in [-0.2, 0) is 10.0 Å². The van der Waals surface area contributed by atoms with Crippen molar-refractivity contribution in [1.29, 1.82) is 0 Å². The maximum atomic E-state index is 12.8. The second-order valence-corrected chi connectivity index (χ2v) is 9.40. The number of benzene rings is 3. The van der Waals surface area contributed by atoms with Crippen LogP contribution in [0, 0.1) is 3.57 Å². The van der Waals surface area contributed by atoms with E-state index in [4.69, 9.17) is 0 Å². The van der Waals surface area contributed by atoms with Crippen molar-refractivity contribution >= 4 is 67.2 Å². The van der Waals surface area contributed by atoms with Crippen LogP contribution >= 0.6 is 35.0 Å². The van der Waals surface area contributed by atoms with Crippen LogP contribution in [-0.4, -0.2) is 34.6 Å². The predicted molar refractivity (Wildman–Crippen MR) is 126 cm³/mol. The first-order valence-corrected chi connectivity index (χ1v) is 11.4. The van der Waals surface area contributed by atoms with Crippen LogP contribution in [0.5, 0.6) is 0 Å². The van der Waals surface area contributed by atoms with Crippen molar-refractivity contribution in [3.63, 3.8) is 0 Å². The van der Waals surface area contributed by atoms with Gasteiger partial charge in [0.1, 0.15) is 0 Å². The molecule has 148 valence electrons. The molecule has 3 aromatic carbocycles. The van der Waals surface area contributed by atoms with E-state index in [1.807, 2.05) is 30.3 Å². The first-order valence-electron chi connectivity index (χ1n) is 8.80. The van der Waals surface area contributed by atoms with Crippen molar-refractivity contribution in [1.82, 2.24) is 5.32 Å². The summed E-state index contributed by atoms with van der Waals surface area (Å²) in [5.74, 6) is 0. The number of rotatable bonds is 4. The third-order valence-electron chi connectivity index (χ3n) is 4.73. The highest BCUT2D eigenvalue weighted by Crippen LogP contribution is 2.33. The number of fused-ring (bicyclic) bond motifs is 1. The summed E-state index contributed by atoms with van der Waals surface area (Å²) in [6.45, 7) is 3.79. The van der Waals surface area contributed by atoms with Crippen molar-refractivity contribution in [2.75, 3.05) is 35.8 Å². The maximum Gasteiger partial charge on any atom is 0.261 e. The molecular weight excluding hydrogens is 509 g/mol. The van der Waals surface area contributed by atoms with Gasteiger partial charge in [-0.25, -0.2) is 8.42 Å². The van der Waals surface area contributed by atoms with Gasteiger partial charge < -0.3 is 10.2 Å². The van der Waals surface area contributed by atoms with Gasteiger partial charge in [0.2, 0.25) is 0 Å². The Kier molecular flexibility index (Phi) is 6.69. The van der Waals surface area contributed by atoms with E-state index in [1.165, 1.54) is 0 Å². The van der Waals surface area contributed by atoms with Crippen molar-refractivity contribution in [2.45, 2.75) is 4.90 Å². The summed E-state index contributed by atoms with van der Waals surface area (Å²) in [6.07, 6.45) is 0. The first-order chi connectivity index (χ1) is 13.0. The van der Waals surface area contributed by atoms with E-state index in [-0.39, 0.29) is 17.3 Å². The van der Waals surface area contributed by atoms with Gasteiger partial charge in [-0.3, -0.25) is 4.72 Å². The van der Waals surface area contributed by atoms with Crippen LogP contribution in [0.1, 0.15) is 0 Å². The minimum absolute atomic E-state index is 0. The van der Waals surface area contributed by atoms with Crippen LogP contribution in [0.25, 0.3) is 10.8 Å². The Bertz CT molecular complexity index is 1070. The zero-order valence-corrected chi connectivity index (χ0v) is 18.9. The molecule has 8 heteroatoms. The number of anilines is 2. The van der Waals surface area contributed by atoms with E-state index < -0.39 is 10.0 Å². The van der Waals surface area contributed by atoms with Gasteiger partial charge in [-0.1, -0.05) is 24.3 Å². The van der Waals surface area contributed by atoms with E-state index in [9.17, 15) is 8.42 Å². The second kappa shape index (κ2) is 8.86. The molecule has 0 amide bonds. The minimum Gasteiger partial charge on any atom is -0.368 e. The lowest BCUT2D eigenvalue weighted by Crippen LogP contribution is -2.43. The normalized spacial score (nSPS) is 14.5. The summed E-state index contributed by atoms with van der Waals surface area (Å²) in [7, 11) is -3.64. The maximum absolute atomic E-state index is 12.8. The van der Waals surface area contributed by atoms with Gasteiger partial charge in [0.05, 0.1) is 10.6 Å². The largest absolute Gasteiger partial charge is 0.368 e. The molecule has 5 nitrogen and oxygen atoms in total. The van der Waals surface area contributed by atoms with E-state index in [2.05, 4.69) is 43.6 Å². The fourth-order valence-electron chi connectivity index (χ4n) is 3.37. The Hall–Kier alpha value is -1.55. The van der Waals surface area contributed by atoms with E-state index in [1.54, 1.807) is 24.3 Å². The molecule has 4 rings (SSSR count). The lowest BCUT2D eigenvalue weighted by atomic mass is 10.1. The first kappa shape index (κ1) is 21.2. The monoisotopic (exact) mass is 529 g/mol. The molecule has 1 aliphatic rings. The van der Waals surface area contributed by atoms with E-state index in [0.29, 0.717) is 5.69 Å². The highest BCUT2D eigenvalue weighted by atomic mass is 127. The number of nitrogens with zero attached hydrogens (tertiary/aromatic N) is 1. The zero-order chi connectivity index (χ0) is 18.9. The molecule has 1 fully saturated rings. The van der Waals surface area contributed by atoms with Crippen molar-refractivity contribution in [3.8, 4) is 0 Å². The molecule has 0 aromatic heterocycles. The number of hydrogen-bond donors (Lipinski definition) is 2. The highest BCUT2D eigenvalue weighted by molar-refractivity contribution is 14.1. The van der Waals surface area contributed by atoms with Crippen LogP contribution in [0.2, 0.25) is 0 Å². The molecule has 28 heavy (non-hydrogen) atoms. The molecule has 1 saturated heterocycles. The summed E-state index contributed by atoms with van der Waals surface area (Å²) in [4.78, 5) is 2.61. The summed E-state index contributed by atoms with van der Waals surface area (Å²) in [6, 6.07) is 18.7. The van der Waals surface area contributed by atoms with E-state index in [0.717, 1.165) is 46.2 Å². The molecule has 0 atom stereocenters. The molecule has 0 bridgehead atoms. The molecule has 0 saturated carbocycles. The Labute approximate surface area is 185 Å². The molecule has 0 radical (unpaired) electrons. The van der Waals surface area contributed by atoms with Gasteiger partial charge in [-0.15, -0.1) is 12.4 Å². The van der Waals surface area contributed by atoms with Crippen LogP contribution in [0.4, 0.5) is 11.4 Å². The van der Waals surface area contributed by atoms with Gasteiger partial charge in [0, 0.05) is 46.2 Å². The Morgan fingerprint density at radius 2 is 1.54 bits per heavy atom. The molecule has 0 unspecified atom stereocenters. The summed E-state index contributed by atoms with van der Waals surface area (Å²) in [5, 5.41) is 5.33. The zero-order valence-electron chi connectivity index (χ0n) is 15.1. The van der Waals surface area contributed by atoms with Gasteiger partial charge in [0.15, 0.2) is 0 Å². The molecule has 1 heterocycles. The van der Waals surface area contributed by atoms with Gasteiger partial charge in [0.25, 0.3) is 10.0 Å². The average Bonchev–Trinajstić information content (AvgIpc) is 2.69. The lowest BCUT2D eigenvalue weighted by molar-refractivity contribution is 0.590. The minimum atomic E-state index is -3.64. The fourth-order valence-corrected chi connectivity index (χ4v) is 4.81. The van der Waals surface area contributed by atoms with Crippen molar-refractivity contribution in [3.05, 3.63) is 64.2 Å².